The van der Waals surface area contributed by atoms with Gasteiger partial charge in [-0.2, -0.15) is 0 Å². The number of hydrogen-bond acceptors (Lipinski definition) is 6. The summed E-state index contributed by atoms with van der Waals surface area (Å²) in [5.41, 5.74) is 12.1. The molecular formula is C54H51N7O. The Morgan fingerprint density at radius 1 is 0.581 bits per heavy atom. The van der Waals surface area contributed by atoms with Crippen LogP contribution >= 0.6 is 0 Å². The molecule has 0 aliphatic rings. The lowest BCUT2D eigenvalue weighted by atomic mass is 9.88. The zero-order chi connectivity index (χ0) is 43.7. The Morgan fingerprint density at radius 3 is 1.89 bits per heavy atom. The summed E-state index contributed by atoms with van der Waals surface area (Å²) < 4.78 is 9.15. The molecule has 0 aliphatic heterocycles. The van der Waals surface area contributed by atoms with Crippen LogP contribution in [0.4, 0.5) is 5.69 Å². The molecule has 5 aromatic carbocycles. The van der Waals surface area contributed by atoms with Crippen molar-refractivity contribution in [2.45, 2.75) is 91.9 Å². The quantitative estimate of drug-likeness (QED) is 0.149. The Hall–Kier alpha value is -6.98. The van der Waals surface area contributed by atoms with Gasteiger partial charge >= 0.3 is 0 Å². The number of pyridine rings is 1. The number of nitrogens with zero attached hydrogens (tertiary/aromatic N) is 7. The lowest BCUT2D eigenvalue weighted by Gasteiger charge is -2.24. The van der Waals surface area contributed by atoms with Gasteiger partial charge in [-0.3, -0.25) is 4.57 Å². The predicted molar refractivity (Wildman–Crippen MR) is 253 cm³/mol. The van der Waals surface area contributed by atoms with Gasteiger partial charge in [0.05, 0.1) is 34.6 Å². The average molecular weight is 814 g/mol. The van der Waals surface area contributed by atoms with E-state index in [4.69, 9.17) is 35.9 Å². The first kappa shape index (κ1) is 40.4. The molecule has 8 heteroatoms. The summed E-state index contributed by atoms with van der Waals surface area (Å²) in [6.45, 7) is 29.9. The first-order chi connectivity index (χ1) is 29.6. The Labute approximate surface area is 363 Å². The van der Waals surface area contributed by atoms with Gasteiger partial charge in [-0.25, -0.2) is 29.8 Å². The highest BCUT2D eigenvalue weighted by Crippen LogP contribution is 2.43. The molecule has 0 spiro atoms. The summed E-state index contributed by atoms with van der Waals surface area (Å²) >= 11 is 0. The summed E-state index contributed by atoms with van der Waals surface area (Å²) in [6, 6.07) is 39.7. The van der Waals surface area contributed by atoms with Gasteiger partial charge < -0.3 is 4.42 Å². The number of furan rings is 1. The summed E-state index contributed by atoms with van der Waals surface area (Å²) in [7, 11) is 0. The van der Waals surface area contributed by atoms with Crippen LogP contribution in [0.1, 0.15) is 104 Å². The minimum Gasteiger partial charge on any atom is -0.437 e. The van der Waals surface area contributed by atoms with Crippen LogP contribution in [-0.4, -0.2) is 29.5 Å². The Balaban J connectivity index is 1.20. The number of imidazole rings is 1. The highest BCUT2D eigenvalue weighted by molar-refractivity contribution is 6.09. The van der Waals surface area contributed by atoms with E-state index < -0.39 is 0 Å². The summed E-state index contributed by atoms with van der Waals surface area (Å²) in [5, 5.41) is 1.84. The van der Waals surface area contributed by atoms with Crippen molar-refractivity contribution in [3.63, 3.8) is 0 Å². The fourth-order valence-corrected chi connectivity index (χ4v) is 8.21. The van der Waals surface area contributed by atoms with Gasteiger partial charge in [-0.1, -0.05) is 136 Å². The van der Waals surface area contributed by atoms with Crippen LogP contribution in [0.3, 0.4) is 0 Å². The molecule has 9 aromatic rings. The topological polar surface area (TPSA) is 86.9 Å². The second-order valence-corrected chi connectivity index (χ2v) is 18.9. The zero-order valence-corrected chi connectivity index (χ0v) is 37.2. The maximum absolute atomic E-state index is 8.24. The highest BCUT2D eigenvalue weighted by atomic mass is 16.3. The molecule has 0 aliphatic carbocycles. The molecule has 0 radical (unpaired) electrons. The third kappa shape index (κ3) is 7.11. The van der Waals surface area contributed by atoms with Gasteiger partial charge in [-0.15, -0.1) is 0 Å². The Morgan fingerprint density at radius 2 is 1.24 bits per heavy atom. The second kappa shape index (κ2) is 15.2. The molecule has 308 valence electrons. The number of hydrogen-bond donors (Lipinski definition) is 0. The molecule has 9 rings (SSSR count). The van der Waals surface area contributed by atoms with E-state index >= 15 is 0 Å². The monoisotopic (exact) mass is 813 g/mol. The van der Waals surface area contributed by atoms with Crippen molar-refractivity contribution in [1.29, 1.82) is 0 Å². The molecule has 62 heavy (non-hydrogen) atoms. The van der Waals surface area contributed by atoms with Gasteiger partial charge in [0.1, 0.15) is 23.1 Å². The summed E-state index contributed by atoms with van der Waals surface area (Å²) in [6.07, 6.45) is 0. The van der Waals surface area contributed by atoms with Gasteiger partial charge in [0.25, 0.3) is 0 Å². The Kier molecular flexibility index (Phi) is 9.90. The van der Waals surface area contributed by atoms with Crippen LogP contribution in [0.25, 0.3) is 88.8 Å². The van der Waals surface area contributed by atoms with Crippen molar-refractivity contribution in [3.8, 4) is 50.8 Å². The number of fused-ring (bicyclic) bond motifs is 4. The van der Waals surface area contributed by atoms with Crippen molar-refractivity contribution in [1.82, 2.24) is 29.5 Å². The molecule has 8 nitrogen and oxygen atoms in total. The molecule has 0 saturated carbocycles. The van der Waals surface area contributed by atoms with Gasteiger partial charge in [0.15, 0.2) is 11.5 Å². The molecule has 4 heterocycles. The van der Waals surface area contributed by atoms with Gasteiger partial charge in [0, 0.05) is 32.7 Å². The molecule has 4 aromatic heterocycles. The number of rotatable bonds is 7. The van der Waals surface area contributed by atoms with Crippen molar-refractivity contribution < 1.29 is 4.42 Å². The lowest BCUT2D eigenvalue weighted by Crippen LogP contribution is -2.24. The summed E-state index contributed by atoms with van der Waals surface area (Å²) in [5.74, 6) is 3.26. The van der Waals surface area contributed by atoms with E-state index in [1.807, 2.05) is 36.4 Å². The highest BCUT2D eigenvalue weighted by Gasteiger charge is 2.28. The molecule has 0 N–H and O–H groups in total. The van der Waals surface area contributed by atoms with Crippen molar-refractivity contribution in [2.75, 3.05) is 0 Å². The lowest BCUT2D eigenvalue weighted by molar-refractivity contribution is 0.497. The smallest absolute Gasteiger partial charge is 0.227 e. The third-order valence-corrected chi connectivity index (χ3v) is 11.5. The zero-order valence-electron chi connectivity index (χ0n) is 37.2. The van der Waals surface area contributed by atoms with Crippen LogP contribution in [-0.2, 0) is 10.8 Å². The van der Waals surface area contributed by atoms with Crippen LogP contribution in [0.2, 0.25) is 0 Å². The second-order valence-electron chi connectivity index (χ2n) is 18.9. The third-order valence-electron chi connectivity index (χ3n) is 11.5. The van der Waals surface area contributed by atoms with E-state index in [0.717, 1.165) is 56.1 Å². The first-order valence-electron chi connectivity index (χ1n) is 21.4. The van der Waals surface area contributed by atoms with Crippen molar-refractivity contribution in [3.05, 3.63) is 149 Å². The standard InChI is InChI=1S/C54H51N7O/c1-31(2)40-28-35(33-18-13-12-14-19-33)29-41(32(3)4)46(40)61-45-23-16-15-22-43(45)56-49(61)39-21-17-20-36-37-26-27-42(57-50(37)62-47(36)39)38-25-24-34(30-44(38)55-11)48-58-51(53(5,6)7)60-52(59-48)54(8,9)10/h12-32H,1-10H3. The van der Waals surface area contributed by atoms with Crippen molar-refractivity contribution in [2.24, 2.45) is 0 Å². The summed E-state index contributed by atoms with van der Waals surface area (Å²) in [4.78, 5) is 29.0. The minimum atomic E-state index is -0.277. The fraction of sp³-hybridized carbons (Fsp3) is 0.259. The molecular weight excluding hydrogens is 763 g/mol. The molecule has 0 bridgehead atoms. The Bertz CT molecular complexity index is 3160. The van der Waals surface area contributed by atoms with Crippen molar-refractivity contribution >= 4 is 38.8 Å². The van der Waals surface area contributed by atoms with Crippen LogP contribution in [0.5, 0.6) is 0 Å². The first-order valence-corrected chi connectivity index (χ1v) is 21.4. The van der Waals surface area contributed by atoms with E-state index in [-0.39, 0.29) is 22.7 Å². The van der Waals surface area contributed by atoms with Crippen LogP contribution in [0, 0.1) is 6.57 Å². The van der Waals surface area contributed by atoms with Crippen LogP contribution in [0.15, 0.2) is 120 Å². The molecule has 0 atom stereocenters. The maximum Gasteiger partial charge on any atom is 0.227 e. The molecule has 0 fully saturated rings. The normalized spacial score (nSPS) is 12.3. The number of para-hydroxylation sites is 3. The molecule has 0 amide bonds. The largest absolute Gasteiger partial charge is 0.437 e. The molecule has 0 unspecified atom stereocenters. The number of benzene rings is 5. The van der Waals surface area contributed by atoms with E-state index in [1.165, 1.54) is 22.3 Å². The van der Waals surface area contributed by atoms with Crippen LogP contribution < -0.4 is 0 Å². The molecule has 0 saturated heterocycles. The van der Waals surface area contributed by atoms with E-state index in [2.05, 4.69) is 158 Å². The average Bonchev–Trinajstić information content (AvgIpc) is 3.83. The SMILES string of the molecule is [C-]#[N+]c1cc(-c2nc(C(C)(C)C)nc(C(C)(C)C)n2)ccc1-c1ccc2c(n1)oc1c(-c3nc4ccccc4n3-c3c(C(C)C)cc(-c4ccccc4)cc3C(C)C)cccc12. The van der Waals surface area contributed by atoms with Gasteiger partial charge in [-0.05, 0) is 82.6 Å². The van der Waals surface area contributed by atoms with E-state index in [9.17, 15) is 0 Å². The maximum atomic E-state index is 8.24. The predicted octanol–water partition coefficient (Wildman–Crippen LogP) is 14.6. The fourth-order valence-electron chi connectivity index (χ4n) is 8.21. The minimum absolute atomic E-state index is 0.235. The van der Waals surface area contributed by atoms with E-state index in [1.54, 1.807) is 0 Å². The number of aromatic nitrogens is 6. The van der Waals surface area contributed by atoms with E-state index in [0.29, 0.717) is 34.1 Å². The van der Waals surface area contributed by atoms with Gasteiger partial charge in [0.2, 0.25) is 5.71 Å².